The number of nitrogens with one attached hydrogen (secondary N) is 1. The summed E-state index contributed by atoms with van der Waals surface area (Å²) in [7, 11) is 0. The molecule has 0 saturated carbocycles. The summed E-state index contributed by atoms with van der Waals surface area (Å²) < 4.78 is 79.5. The molecule has 1 aromatic carbocycles. The highest BCUT2D eigenvalue weighted by Gasteiger charge is 2.38. The molecular formula is C23H23F6N3O. The summed E-state index contributed by atoms with van der Waals surface area (Å²) in [6.07, 6.45) is -5.46. The van der Waals surface area contributed by atoms with E-state index in [1.807, 2.05) is 6.08 Å². The van der Waals surface area contributed by atoms with Gasteiger partial charge in [-0.25, -0.2) is 4.98 Å². The summed E-state index contributed by atoms with van der Waals surface area (Å²) in [5, 5.41) is 13.8. The number of hydrogen-bond donors (Lipinski definition) is 3. The molecular weight excluding hydrogens is 448 g/mol. The van der Waals surface area contributed by atoms with Crippen LogP contribution in [-0.2, 0) is 12.4 Å². The van der Waals surface area contributed by atoms with Gasteiger partial charge in [-0.3, -0.25) is 0 Å². The van der Waals surface area contributed by atoms with Gasteiger partial charge in [-0.1, -0.05) is 42.0 Å². The van der Waals surface area contributed by atoms with Gasteiger partial charge >= 0.3 is 12.4 Å². The van der Waals surface area contributed by atoms with E-state index >= 15 is 0 Å². The Kier molecular flexibility index (Phi) is 7.61. The number of halogens is 6. The minimum Gasteiger partial charge on any atom is -0.388 e. The van der Waals surface area contributed by atoms with Crippen molar-refractivity contribution in [3.63, 3.8) is 0 Å². The van der Waals surface area contributed by atoms with Crippen LogP contribution in [-0.4, -0.2) is 29.7 Å². The molecule has 2 atom stereocenters. The molecule has 0 radical (unpaired) electrons. The molecule has 4 N–H and O–H groups in total. The Labute approximate surface area is 186 Å². The van der Waals surface area contributed by atoms with E-state index in [0.29, 0.717) is 19.6 Å². The Balaban J connectivity index is 1.84. The minimum absolute atomic E-state index is 0.0215. The number of alkyl halides is 6. The number of aliphatic hydroxyl groups excluding tert-OH is 1. The van der Waals surface area contributed by atoms with Crippen LogP contribution in [0.2, 0.25) is 0 Å². The standard InChI is InChI=1S/C23H23F6N3O/c24-22(25,26)17-6-4-14(5-7-17)19-9-8-18(21(32-19)23(27,28)29)20(33)12-15-2-1-3-16(15)13-31-11-10-30/h1-9,16,20,31,33H,10-13,30H2/t16?,20-/m1/s1. The molecule has 1 unspecified atom stereocenters. The SMILES string of the molecule is NCCNCC1C=CC=C1C[C@@H](O)c1ccc(-c2ccc(C(F)(F)F)cc2)nc1C(F)(F)F. The second-order valence-electron chi connectivity index (χ2n) is 7.65. The van der Waals surface area contributed by atoms with Gasteiger partial charge in [0.1, 0.15) is 0 Å². The third kappa shape index (κ3) is 6.21. The Hall–Kier alpha value is -2.69. The van der Waals surface area contributed by atoms with Gasteiger partial charge in [-0.2, -0.15) is 26.3 Å². The average molecular weight is 471 g/mol. The topological polar surface area (TPSA) is 71.2 Å². The Morgan fingerprint density at radius 1 is 1.00 bits per heavy atom. The highest BCUT2D eigenvalue weighted by molar-refractivity contribution is 5.60. The highest BCUT2D eigenvalue weighted by atomic mass is 19.4. The summed E-state index contributed by atoms with van der Waals surface area (Å²) in [5.41, 5.74) is 3.60. The van der Waals surface area contributed by atoms with Crippen LogP contribution >= 0.6 is 0 Å². The second kappa shape index (κ2) is 10.1. The molecule has 4 nitrogen and oxygen atoms in total. The summed E-state index contributed by atoms with van der Waals surface area (Å²) in [6, 6.07) is 6.08. The first-order valence-corrected chi connectivity index (χ1v) is 10.2. The van der Waals surface area contributed by atoms with E-state index in [-0.39, 0.29) is 29.2 Å². The molecule has 10 heteroatoms. The molecule has 1 aliphatic rings. The van der Waals surface area contributed by atoms with Crippen LogP contribution in [0, 0.1) is 5.92 Å². The van der Waals surface area contributed by atoms with Gasteiger partial charge in [0.05, 0.1) is 17.4 Å². The van der Waals surface area contributed by atoms with E-state index in [2.05, 4.69) is 10.3 Å². The third-order valence-electron chi connectivity index (χ3n) is 5.31. The first kappa shape index (κ1) is 24.9. The average Bonchev–Trinajstić information content (AvgIpc) is 3.19. The van der Waals surface area contributed by atoms with Crippen LogP contribution in [0.25, 0.3) is 11.3 Å². The quantitative estimate of drug-likeness (QED) is 0.380. The fraction of sp³-hybridized carbons (Fsp3) is 0.348. The maximum atomic E-state index is 13.7. The van der Waals surface area contributed by atoms with Crippen molar-refractivity contribution in [3.05, 3.63) is 77.0 Å². The number of rotatable bonds is 8. The molecule has 3 rings (SSSR count). The zero-order valence-electron chi connectivity index (χ0n) is 17.4. The largest absolute Gasteiger partial charge is 0.433 e. The van der Waals surface area contributed by atoms with Gasteiger partial charge in [0.15, 0.2) is 5.69 Å². The van der Waals surface area contributed by atoms with E-state index in [1.54, 1.807) is 12.2 Å². The molecule has 1 aromatic heterocycles. The first-order valence-electron chi connectivity index (χ1n) is 10.2. The van der Waals surface area contributed by atoms with Crippen LogP contribution in [0.3, 0.4) is 0 Å². The molecule has 1 heterocycles. The lowest BCUT2D eigenvalue weighted by Crippen LogP contribution is -2.28. The van der Waals surface area contributed by atoms with Crippen LogP contribution < -0.4 is 11.1 Å². The van der Waals surface area contributed by atoms with E-state index in [9.17, 15) is 31.4 Å². The molecule has 0 fully saturated rings. The summed E-state index contributed by atoms with van der Waals surface area (Å²) in [5.74, 6) is -0.0695. The number of allylic oxidation sites excluding steroid dienone is 2. The number of hydrogen-bond acceptors (Lipinski definition) is 4. The fourth-order valence-corrected chi connectivity index (χ4v) is 3.63. The monoisotopic (exact) mass is 471 g/mol. The second-order valence-corrected chi connectivity index (χ2v) is 7.65. The van der Waals surface area contributed by atoms with E-state index < -0.39 is 29.7 Å². The molecule has 1 aliphatic carbocycles. The Bertz CT molecular complexity index is 1010. The van der Waals surface area contributed by atoms with Gasteiger partial charge in [0.25, 0.3) is 0 Å². The molecule has 0 aliphatic heterocycles. The van der Waals surface area contributed by atoms with E-state index in [1.165, 1.54) is 6.07 Å². The predicted molar refractivity (Wildman–Crippen MR) is 112 cm³/mol. The predicted octanol–water partition coefficient (Wildman–Crippen LogP) is 4.87. The minimum atomic E-state index is -4.86. The lowest BCUT2D eigenvalue weighted by molar-refractivity contribution is -0.142. The molecule has 0 spiro atoms. The molecule has 0 saturated heterocycles. The lowest BCUT2D eigenvalue weighted by Gasteiger charge is -2.21. The smallest absolute Gasteiger partial charge is 0.388 e. The highest BCUT2D eigenvalue weighted by Crippen LogP contribution is 2.38. The first-order chi connectivity index (χ1) is 15.5. The summed E-state index contributed by atoms with van der Waals surface area (Å²) in [6.45, 7) is 1.58. The van der Waals surface area contributed by atoms with Crippen LogP contribution in [0.4, 0.5) is 26.3 Å². The molecule has 0 amide bonds. The number of nitrogens with two attached hydrogens (primary N) is 1. The van der Waals surface area contributed by atoms with Crippen LogP contribution in [0.15, 0.2) is 60.2 Å². The van der Waals surface area contributed by atoms with Crippen molar-refractivity contribution in [1.82, 2.24) is 10.3 Å². The zero-order chi connectivity index (χ0) is 24.2. The zero-order valence-corrected chi connectivity index (χ0v) is 17.4. The molecule has 0 bridgehead atoms. The number of benzene rings is 1. The maximum Gasteiger partial charge on any atom is 0.433 e. The van der Waals surface area contributed by atoms with Crippen molar-refractivity contribution in [2.75, 3.05) is 19.6 Å². The lowest BCUT2D eigenvalue weighted by atomic mass is 9.93. The molecule has 33 heavy (non-hydrogen) atoms. The summed E-state index contributed by atoms with van der Waals surface area (Å²) >= 11 is 0. The number of aliphatic hydroxyl groups is 1. The third-order valence-corrected chi connectivity index (χ3v) is 5.31. The van der Waals surface area contributed by atoms with E-state index in [4.69, 9.17) is 5.73 Å². The van der Waals surface area contributed by atoms with Crippen molar-refractivity contribution in [3.8, 4) is 11.3 Å². The van der Waals surface area contributed by atoms with Crippen molar-refractivity contribution in [2.45, 2.75) is 24.9 Å². The van der Waals surface area contributed by atoms with Crippen molar-refractivity contribution in [1.29, 1.82) is 0 Å². The van der Waals surface area contributed by atoms with Gasteiger partial charge < -0.3 is 16.2 Å². The molecule has 2 aromatic rings. The normalized spacial score (nSPS) is 17.3. The fourth-order valence-electron chi connectivity index (χ4n) is 3.63. The van der Waals surface area contributed by atoms with E-state index in [0.717, 1.165) is 35.9 Å². The number of nitrogens with zero attached hydrogens (tertiary/aromatic N) is 1. The van der Waals surface area contributed by atoms with Gasteiger partial charge in [0, 0.05) is 36.7 Å². The van der Waals surface area contributed by atoms with Crippen molar-refractivity contribution < 1.29 is 31.4 Å². The summed E-state index contributed by atoms with van der Waals surface area (Å²) in [4.78, 5) is 3.65. The van der Waals surface area contributed by atoms with Gasteiger partial charge in [-0.15, -0.1) is 0 Å². The number of pyridine rings is 1. The van der Waals surface area contributed by atoms with Crippen LogP contribution in [0.5, 0.6) is 0 Å². The number of aromatic nitrogens is 1. The van der Waals surface area contributed by atoms with Crippen molar-refractivity contribution >= 4 is 0 Å². The van der Waals surface area contributed by atoms with Crippen molar-refractivity contribution in [2.24, 2.45) is 11.7 Å². The maximum absolute atomic E-state index is 13.7. The Morgan fingerprint density at radius 3 is 2.30 bits per heavy atom. The Morgan fingerprint density at radius 2 is 1.70 bits per heavy atom. The molecule has 178 valence electrons. The van der Waals surface area contributed by atoms with Gasteiger partial charge in [-0.05, 0) is 24.6 Å². The van der Waals surface area contributed by atoms with Gasteiger partial charge in [0.2, 0.25) is 0 Å². The van der Waals surface area contributed by atoms with Crippen LogP contribution in [0.1, 0.15) is 29.3 Å².